The van der Waals surface area contributed by atoms with Crippen LogP contribution in [0.4, 0.5) is 0 Å². The standard InChI is InChI=1S/C16H15ClN2O2/c1-10-2-4-11(5-3-10)15-12-6-7-13(20-9-8-18)14(17)16(12)21-19-15/h2-7H,8-9,18H2,1H3. The van der Waals surface area contributed by atoms with Crippen LogP contribution in [0, 0.1) is 6.92 Å². The van der Waals surface area contributed by atoms with Gasteiger partial charge in [0.15, 0.2) is 5.58 Å². The third-order valence-corrected chi connectivity index (χ3v) is 3.60. The Hall–Kier alpha value is -2.04. The smallest absolute Gasteiger partial charge is 0.189 e. The van der Waals surface area contributed by atoms with Gasteiger partial charge >= 0.3 is 0 Å². The number of fused-ring (bicyclic) bond motifs is 1. The first-order valence-corrected chi connectivity index (χ1v) is 7.06. The molecule has 0 aliphatic rings. The van der Waals surface area contributed by atoms with E-state index in [1.807, 2.05) is 43.3 Å². The van der Waals surface area contributed by atoms with E-state index in [0.29, 0.717) is 29.5 Å². The van der Waals surface area contributed by atoms with Crippen molar-refractivity contribution in [2.24, 2.45) is 5.73 Å². The van der Waals surface area contributed by atoms with E-state index in [-0.39, 0.29) is 0 Å². The molecule has 2 N–H and O–H groups in total. The second-order valence-corrected chi connectivity index (χ2v) is 5.17. The van der Waals surface area contributed by atoms with Crippen LogP contribution in [-0.4, -0.2) is 18.3 Å². The van der Waals surface area contributed by atoms with Crippen LogP contribution in [0.5, 0.6) is 5.75 Å². The van der Waals surface area contributed by atoms with Crippen molar-refractivity contribution in [2.45, 2.75) is 6.92 Å². The third kappa shape index (κ3) is 2.60. The molecule has 0 unspecified atom stereocenters. The molecule has 3 rings (SSSR count). The van der Waals surface area contributed by atoms with Crippen LogP contribution in [0.1, 0.15) is 5.56 Å². The zero-order valence-electron chi connectivity index (χ0n) is 11.6. The van der Waals surface area contributed by atoms with Crippen LogP contribution in [0.3, 0.4) is 0 Å². The fraction of sp³-hybridized carbons (Fsp3) is 0.188. The number of halogens is 1. The highest BCUT2D eigenvalue weighted by Crippen LogP contribution is 2.37. The fourth-order valence-corrected chi connectivity index (χ4v) is 2.41. The molecule has 108 valence electrons. The van der Waals surface area contributed by atoms with Gasteiger partial charge in [-0.25, -0.2) is 0 Å². The van der Waals surface area contributed by atoms with E-state index < -0.39 is 0 Å². The van der Waals surface area contributed by atoms with Gasteiger partial charge in [0.25, 0.3) is 0 Å². The van der Waals surface area contributed by atoms with Crippen LogP contribution in [0.2, 0.25) is 5.02 Å². The molecule has 0 saturated heterocycles. The maximum Gasteiger partial charge on any atom is 0.189 e. The lowest BCUT2D eigenvalue weighted by molar-refractivity contribution is 0.328. The molecule has 0 atom stereocenters. The summed E-state index contributed by atoms with van der Waals surface area (Å²) in [5, 5.41) is 5.43. The van der Waals surface area contributed by atoms with E-state index in [4.69, 9.17) is 26.6 Å². The first-order valence-electron chi connectivity index (χ1n) is 6.68. The molecule has 4 nitrogen and oxygen atoms in total. The largest absolute Gasteiger partial charge is 0.491 e. The van der Waals surface area contributed by atoms with Crippen LogP contribution < -0.4 is 10.5 Å². The molecule has 0 fully saturated rings. The number of nitrogens with two attached hydrogens (primary N) is 1. The fourth-order valence-electron chi connectivity index (χ4n) is 2.15. The monoisotopic (exact) mass is 302 g/mol. The Bertz CT molecular complexity index is 766. The molecule has 2 aromatic carbocycles. The van der Waals surface area contributed by atoms with Crippen molar-refractivity contribution < 1.29 is 9.26 Å². The van der Waals surface area contributed by atoms with Crippen molar-refractivity contribution in [3.8, 4) is 17.0 Å². The second-order valence-electron chi connectivity index (χ2n) is 4.79. The first kappa shape index (κ1) is 13.9. The van der Waals surface area contributed by atoms with Crippen LogP contribution in [-0.2, 0) is 0 Å². The lowest BCUT2D eigenvalue weighted by atomic mass is 10.1. The van der Waals surface area contributed by atoms with Gasteiger partial charge in [-0.15, -0.1) is 0 Å². The van der Waals surface area contributed by atoms with E-state index >= 15 is 0 Å². The molecule has 1 aromatic heterocycles. The normalized spacial score (nSPS) is 11.0. The topological polar surface area (TPSA) is 61.3 Å². The Morgan fingerprint density at radius 3 is 2.67 bits per heavy atom. The quantitative estimate of drug-likeness (QED) is 0.796. The Morgan fingerprint density at radius 2 is 1.95 bits per heavy atom. The molecule has 21 heavy (non-hydrogen) atoms. The third-order valence-electron chi connectivity index (χ3n) is 3.25. The predicted octanol–water partition coefficient (Wildman–Crippen LogP) is 3.79. The van der Waals surface area contributed by atoms with Crippen molar-refractivity contribution in [3.63, 3.8) is 0 Å². The lowest BCUT2D eigenvalue weighted by Crippen LogP contribution is -2.10. The summed E-state index contributed by atoms with van der Waals surface area (Å²) < 4.78 is 10.9. The van der Waals surface area contributed by atoms with E-state index in [9.17, 15) is 0 Å². The predicted molar refractivity (Wildman–Crippen MR) is 83.7 cm³/mol. The molecule has 0 saturated carbocycles. The second kappa shape index (κ2) is 5.76. The molecule has 0 bridgehead atoms. The summed E-state index contributed by atoms with van der Waals surface area (Å²) in [6, 6.07) is 11.8. The first-order chi connectivity index (χ1) is 10.2. The summed E-state index contributed by atoms with van der Waals surface area (Å²) in [6.07, 6.45) is 0. The van der Waals surface area contributed by atoms with E-state index in [2.05, 4.69) is 5.16 Å². The Morgan fingerprint density at radius 1 is 1.19 bits per heavy atom. The Kier molecular flexibility index (Phi) is 3.82. The number of hydrogen-bond acceptors (Lipinski definition) is 4. The maximum absolute atomic E-state index is 6.30. The van der Waals surface area contributed by atoms with Gasteiger partial charge in [-0.2, -0.15) is 0 Å². The van der Waals surface area contributed by atoms with Gasteiger partial charge in [-0.1, -0.05) is 46.6 Å². The van der Waals surface area contributed by atoms with Gasteiger partial charge in [-0.3, -0.25) is 0 Å². The zero-order valence-corrected chi connectivity index (χ0v) is 12.4. The van der Waals surface area contributed by atoms with Gasteiger partial charge in [0.1, 0.15) is 23.1 Å². The minimum Gasteiger partial charge on any atom is -0.491 e. The van der Waals surface area contributed by atoms with Crippen molar-refractivity contribution in [1.82, 2.24) is 5.16 Å². The van der Waals surface area contributed by atoms with Gasteiger partial charge in [0.2, 0.25) is 0 Å². The van der Waals surface area contributed by atoms with Crippen LogP contribution in [0.15, 0.2) is 40.9 Å². The molecule has 0 spiro atoms. The highest BCUT2D eigenvalue weighted by molar-refractivity contribution is 6.36. The van der Waals surface area contributed by atoms with Crippen molar-refractivity contribution in [1.29, 1.82) is 0 Å². The summed E-state index contributed by atoms with van der Waals surface area (Å²) in [4.78, 5) is 0. The number of hydrogen-bond donors (Lipinski definition) is 1. The summed E-state index contributed by atoms with van der Waals surface area (Å²) in [7, 11) is 0. The van der Waals surface area contributed by atoms with E-state index in [0.717, 1.165) is 16.6 Å². The highest BCUT2D eigenvalue weighted by atomic mass is 35.5. The molecule has 1 heterocycles. The number of aryl methyl sites for hydroxylation is 1. The Labute approximate surface area is 127 Å². The van der Waals surface area contributed by atoms with Crippen LogP contribution in [0.25, 0.3) is 22.2 Å². The summed E-state index contributed by atoms with van der Waals surface area (Å²) in [5.74, 6) is 0.557. The molecule has 0 amide bonds. The number of ether oxygens (including phenoxy) is 1. The summed E-state index contributed by atoms with van der Waals surface area (Å²) in [5.41, 5.74) is 8.92. The van der Waals surface area contributed by atoms with Gasteiger partial charge < -0.3 is 15.0 Å². The van der Waals surface area contributed by atoms with Crippen molar-refractivity contribution >= 4 is 22.6 Å². The highest BCUT2D eigenvalue weighted by Gasteiger charge is 2.16. The molecule has 0 radical (unpaired) electrons. The number of benzene rings is 2. The van der Waals surface area contributed by atoms with Gasteiger partial charge in [-0.05, 0) is 19.1 Å². The molecular formula is C16H15ClN2O2. The molecule has 5 heteroatoms. The van der Waals surface area contributed by atoms with Gasteiger partial charge in [0.05, 0.1) is 5.39 Å². The summed E-state index contributed by atoms with van der Waals surface area (Å²) in [6.45, 7) is 2.88. The lowest BCUT2D eigenvalue weighted by Gasteiger charge is -2.06. The molecular weight excluding hydrogens is 288 g/mol. The average Bonchev–Trinajstić information content (AvgIpc) is 2.92. The van der Waals surface area contributed by atoms with E-state index in [1.165, 1.54) is 5.56 Å². The number of nitrogens with zero attached hydrogens (tertiary/aromatic N) is 1. The SMILES string of the molecule is Cc1ccc(-c2noc3c(Cl)c(OCCN)ccc23)cc1. The van der Waals surface area contributed by atoms with Crippen molar-refractivity contribution in [3.05, 3.63) is 47.0 Å². The maximum atomic E-state index is 6.30. The molecule has 0 aliphatic heterocycles. The van der Waals surface area contributed by atoms with E-state index in [1.54, 1.807) is 0 Å². The molecule has 3 aromatic rings. The number of aromatic nitrogens is 1. The van der Waals surface area contributed by atoms with Crippen molar-refractivity contribution in [2.75, 3.05) is 13.2 Å². The average molecular weight is 303 g/mol. The zero-order chi connectivity index (χ0) is 14.8. The summed E-state index contributed by atoms with van der Waals surface area (Å²) >= 11 is 6.30. The minimum absolute atomic E-state index is 0.407. The molecule has 0 aliphatic carbocycles. The minimum atomic E-state index is 0.407. The Balaban J connectivity index is 2.07. The number of rotatable bonds is 4. The van der Waals surface area contributed by atoms with Crippen LogP contribution >= 0.6 is 11.6 Å². The van der Waals surface area contributed by atoms with Gasteiger partial charge in [0, 0.05) is 12.1 Å².